The predicted octanol–water partition coefficient (Wildman–Crippen LogP) is 3.72. The highest BCUT2D eigenvalue weighted by Crippen LogP contribution is 2.33. The monoisotopic (exact) mass is 329 g/mol. The fourth-order valence-corrected chi connectivity index (χ4v) is 2.66. The third-order valence-electron chi connectivity index (χ3n) is 3.17. The Labute approximate surface area is 136 Å². The van der Waals surface area contributed by atoms with E-state index in [0.717, 1.165) is 16.7 Å². The Hall–Kier alpha value is -2.42. The first-order valence-corrected chi connectivity index (χ1v) is 7.06. The molecule has 2 heterocycles. The van der Waals surface area contributed by atoms with Crippen molar-refractivity contribution in [2.75, 3.05) is 0 Å². The number of halogens is 2. The van der Waals surface area contributed by atoms with Crippen LogP contribution in [-0.2, 0) is 7.05 Å². The summed E-state index contributed by atoms with van der Waals surface area (Å²) < 4.78 is 1.78. The molecular weight excluding hydrogens is 321 g/mol. The van der Waals surface area contributed by atoms with E-state index >= 15 is 0 Å². The second-order valence-electron chi connectivity index (χ2n) is 4.64. The lowest BCUT2D eigenvalue weighted by Gasteiger charge is -2.10. The predicted molar refractivity (Wildman–Crippen MR) is 84.4 cm³/mol. The van der Waals surface area contributed by atoms with Crippen molar-refractivity contribution in [1.29, 1.82) is 5.26 Å². The summed E-state index contributed by atoms with van der Waals surface area (Å²) >= 11 is 12.0. The molecule has 0 saturated heterocycles. The minimum Gasteiger partial charge on any atom is -0.317 e. The molecule has 0 saturated carbocycles. The molecule has 0 aliphatic carbocycles. The SMILES string of the molecule is Cn1cnnc1-c1cc(C#N)ccc1-c1cc(Cl)nc(Cl)c1. The Kier molecular flexibility index (Phi) is 3.80. The van der Waals surface area contributed by atoms with Crippen molar-refractivity contribution < 1.29 is 0 Å². The number of pyridine rings is 1. The summed E-state index contributed by atoms with van der Waals surface area (Å²) in [5.74, 6) is 0.649. The summed E-state index contributed by atoms with van der Waals surface area (Å²) in [6, 6.07) is 10.9. The molecular formula is C15H9Cl2N5. The van der Waals surface area contributed by atoms with E-state index in [-0.39, 0.29) is 0 Å². The van der Waals surface area contributed by atoms with E-state index < -0.39 is 0 Å². The first kappa shape index (κ1) is 14.5. The minimum atomic E-state index is 0.302. The number of hydrogen-bond donors (Lipinski definition) is 0. The van der Waals surface area contributed by atoms with Gasteiger partial charge in [0.1, 0.15) is 16.6 Å². The van der Waals surface area contributed by atoms with E-state index in [1.165, 1.54) is 0 Å². The van der Waals surface area contributed by atoms with Crippen molar-refractivity contribution in [1.82, 2.24) is 19.7 Å². The molecule has 0 unspecified atom stereocenters. The normalized spacial score (nSPS) is 10.5. The Morgan fingerprint density at radius 1 is 1.09 bits per heavy atom. The number of rotatable bonds is 2. The van der Waals surface area contributed by atoms with Gasteiger partial charge in [0.25, 0.3) is 0 Å². The Bertz CT molecular complexity index is 875. The molecule has 0 aliphatic rings. The van der Waals surface area contributed by atoms with Gasteiger partial charge in [-0.05, 0) is 35.4 Å². The van der Waals surface area contributed by atoms with Gasteiger partial charge in [-0.1, -0.05) is 29.3 Å². The van der Waals surface area contributed by atoms with E-state index in [4.69, 9.17) is 28.5 Å². The van der Waals surface area contributed by atoms with Gasteiger partial charge >= 0.3 is 0 Å². The maximum absolute atomic E-state index is 9.13. The van der Waals surface area contributed by atoms with Gasteiger partial charge in [0.15, 0.2) is 5.82 Å². The number of benzene rings is 1. The zero-order chi connectivity index (χ0) is 15.7. The fourth-order valence-electron chi connectivity index (χ4n) is 2.20. The topological polar surface area (TPSA) is 67.4 Å². The van der Waals surface area contributed by atoms with Crippen LogP contribution in [0.2, 0.25) is 10.3 Å². The van der Waals surface area contributed by atoms with Crippen LogP contribution in [0.5, 0.6) is 0 Å². The highest BCUT2D eigenvalue weighted by Gasteiger charge is 2.14. The van der Waals surface area contributed by atoms with Crippen LogP contribution >= 0.6 is 23.2 Å². The number of hydrogen-bond acceptors (Lipinski definition) is 4. The summed E-state index contributed by atoms with van der Waals surface area (Å²) in [4.78, 5) is 3.95. The van der Waals surface area contributed by atoms with Crippen molar-refractivity contribution in [3.05, 3.63) is 52.5 Å². The van der Waals surface area contributed by atoms with E-state index in [9.17, 15) is 0 Å². The molecule has 0 radical (unpaired) electrons. The van der Waals surface area contributed by atoms with Crippen molar-refractivity contribution in [2.24, 2.45) is 7.05 Å². The molecule has 0 atom stereocenters. The third-order valence-corrected chi connectivity index (χ3v) is 3.56. The molecule has 0 amide bonds. The average Bonchev–Trinajstić information content (AvgIpc) is 2.91. The summed E-state index contributed by atoms with van der Waals surface area (Å²) in [6.45, 7) is 0. The van der Waals surface area contributed by atoms with Crippen molar-refractivity contribution in [2.45, 2.75) is 0 Å². The zero-order valence-electron chi connectivity index (χ0n) is 11.5. The smallest absolute Gasteiger partial charge is 0.164 e. The second-order valence-corrected chi connectivity index (χ2v) is 5.41. The van der Waals surface area contributed by atoms with Gasteiger partial charge in [-0.3, -0.25) is 0 Å². The Balaban J connectivity index is 2.28. The Morgan fingerprint density at radius 2 is 1.82 bits per heavy atom. The van der Waals surface area contributed by atoms with Crippen LogP contribution in [0.15, 0.2) is 36.7 Å². The van der Waals surface area contributed by atoms with Crippen molar-refractivity contribution in [3.8, 4) is 28.6 Å². The van der Waals surface area contributed by atoms with Crippen LogP contribution in [0.4, 0.5) is 0 Å². The van der Waals surface area contributed by atoms with E-state index in [1.54, 1.807) is 35.2 Å². The average molecular weight is 330 g/mol. The maximum Gasteiger partial charge on any atom is 0.164 e. The van der Waals surface area contributed by atoms with Crippen molar-refractivity contribution in [3.63, 3.8) is 0 Å². The Morgan fingerprint density at radius 3 is 2.41 bits per heavy atom. The number of nitrogens with zero attached hydrogens (tertiary/aromatic N) is 5. The van der Waals surface area contributed by atoms with Crippen LogP contribution < -0.4 is 0 Å². The summed E-state index contributed by atoms with van der Waals surface area (Å²) in [6.07, 6.45) is 1.60. The van der Waals surface area contributed by atoms with Gasteiger partial charge in [-0.15, -0.1) is 10.2 Å². The molecule has 0 fully saturated rings. The highest BCUT2D eigenvalue weighted by molar-refractivity contribution is 6.32. The lowest BCUT2D eigenvalue weighted by atomic mass is 9.98. The van der Waals surface area contributed by atoms with E-state index in [2.05, 4.69) is 21.3 Å². The number of nitriles is 1. The highest BCUT2D eigenvalue weighted by atomic mass is 35.5. The standard InChI is InChI=1S/C15H9Cl2N5/c1-22-8-19-21-15(22)12-4-9(7-18)2-3-11(12)10-5-13(16)20-14(17)6-10/h2-6,8H,1H3. The number of aryl methyl sites for hydroxylation is 1. The molecule has 2 aromatic heterocycles. The van der Waals surface area contributed by atoms with E-state index in [0.29, 0.717) is 21.7 Å². The van der Waals surface area contributed by atoms with Crippen LogP contribution in [0.1, 0.15) is 5.56 Å². The third kappa shape index (κ3) is 2.67. The van der Waals surface area contributed by atoms with Crippen LogP contribution in [0.3, 0.4) is 0 Å². The molecule has 7 heteroatoms. The maximum atomic E-state index is 9.13. The van der Waals surface area contributed by atoms with Gasteiger partial charge in [-0.25, -0.2) is 4.98 Å². The molecule has 108 valence electrons. The van der Waals surface area contributed by atoms with Crippen LogP contribution in [0.25, 0.3) is 22.5 Å². The van der Waals surface area contributed by atoms with Crippen LogP contribution in [0, 0.1) is 11.3 Å². The van der Waals surface area contributed by atoms with E-state index in [1.807, 2.05) is 13.1 Å². The largest absolute Gasteiger partial charge is 0.317 e. The number of aromatic nitrogens is 4. The molecule has 3 rings (SSSR count). The molecule has 0 bridgehead atoms. The minimum absolute atomic E-state index is 0.302. The van der Waals surface area contributed by atoms with Crippen molar-refractivity contribution >= 4 is 23.2 Å². The molecule has 1 aromatic carbocycles. The molecule has 3 aromatic rings. The first-order valence-electron chi connectivity index (χ1n) is 6.30. The van der Waals surface area contributed by atoms with Crippen LogP contribution in [-0.4, -0.2) is 19.7 Å². The summed E-state index contributed by atoms with van der Waals surface area (Å²) in [5, 5.41) is 17.7. The van der Waals surface area contributed by atoms with Gasteiger partial charge in [-0.2, -0.15) is 5.26 Å². The molecule has 22 heavy (non-hydrogen) atoms. The molecule has 5 nitrogen and oxygen atoms in total. The summed E-state index contributed by atoms with van der Waals surface area (Å²) in [7, 11) is 1.84. The zero-order valence-corrected chi connectivity index (χ0v) is 13.0. The lowest BCUT2D eigenvalue weighted by Crippen LogP contribution is -1.95. The molecule has 0 aliphatic heterocycles. The summed E-state index contributed by atoms with van der Waals surface area (Å²) in [5.41, 5.74) is 2.96. The quantitative estimate of drug-likeness (QED) is 0.672. The molecule has 0 N–H and O–H groups in total. The second kappa shape index (κ2) is 5.76. The van der Waals surface area contributed by atoms with Gasteiger partial charge < -0.3 is 4.57 Å². The van der Waals surface area contributed by atoms with Gasteiger partial charge in [0.2, 0.25) is 0 Å². The van der Waals surface area contributed by atoms with Gasteiger partial charge in [0.05, 0.1) is 11.6 Å². The fraction of sp³-hybridized carbons (Fsp3) is 0.0667. The molecule has 0 spiro atoms. The first-order chi connectivity index (χ1) is 10.6. The lowest BCUT2D eigenvalue weighted by molar-refractivity contribution is 0.920. The van der Waals surface area contributed by atoms with Gasteiger partial charge in [0, 0.05) is 12.6 Å².